The van der Waals surface area contributed by atoms with Crippen LogP contribution >= 0.6 is 0 Å². The van der Waals surface area contributed by atoms with E-state index in [1.165, 1.54) is 6.26 Å². The lowest BCUT2D eigenvalue weighted by molar-refractivity contribution is 0.224. The van der Waals surface area contributed by atoms with Crippen LogP contribution in [0.2, 0.25) is 0 Å². The Labute approximate surface area is 93.7 Å². The Balaban J connectivity index is 0.000000921. The SMILES string of the molecule is CC.CS(=O)(=O)CCN1CCC(N)CC1. The molecule has 0 aromatic carbocycles. The van der Waals surface area contributed by atoms with Crippen LogP contribution < -0.4 is 5.73 Å². The van der Waals surface area contributed by atoms with Gasteiger partial charge < -0.3 is 10.6 Å². The molecule has 1 saturated heterocycles. The standard InChI is InChI=1S/C8H18N2O2S.C2H6/c1-13(11,12)7-6-10-4-2-8(9)3-5-10;1-2/h8H,2-7,9H2,1H3;1-2H3. The molecule has 1 fully saturated rings. The number of rotatable bonds is 3. The van der Waals surface area contributed by atoms with Gasteiger partial charge in [-0.2, -0.15) is 0 Å². The largest absolute Gasteiger partial charge is 0.328 e. The van der Waals surface area contributed by atoms with E-state index in [-0.39, 0.29) is 5.75 Å². The average molecular weight is 236 g/mol. The first-order valence-electron chi connectivity index (χ1n) is 5.63. The molecule has 0 bridgehead atoms. The van der Waals surface area contributed by atoms with Gasteiger partial charge in [-0.1, -0.05) is 13.8 Å². The molecule has 1 aliphatic heterocycles. The number of piperidine rings is 1. The monoisotopic (exact) mass is 236 g/mol. The lowest BCUT2D eigenvalue weighted by Gasteiger charge is -2.29. The minimum Gasteiger partial charge on any atom is -0.328 e. The van der Waals surface area contributed by atoms with E-state index in [0.29, 0.717) is 12.6 Å². The number of nitrogens with zero attached hydrogens (tertiary/aromatic N) is 1. The van der Waals surface area contributed by atoms with Gasteiger partial charge in [0.25, 0.3) is 0 Å². The highest BCUT2D eigenvalue weighted by Gasteiger charge is 2.16. The third kappa shape index (κ3) is 7.76. The number of hydrogen-bond donors (Lipinski definition) is 1. The van der Waals surface area contributed by atoms with Crippen LogP contribution in [-0.2, 0) is 9.84 Å². The van der Waals surface area contributed by atoms with E-state index in [1.807, 2.05) is 13.8 Å². The first kappa shape index (κ1) is 14.9. The Morgan fingerprint density at radius 1 is 1.27 bits per heavy atom. The lowest BCUT2D eigenvalue weighted by Crippen LogP contribution is -2.41. The molecule has 1 heterocycles. The fourth-order valence-corrected chi connectivity index (χ4v) is 2.06. The van der Waals surface area contributed by atoms with E-state index in [2.05, 4.69) is 4.90 Å². The molecule has 0 radical (unpaired) electrons. The van der Waals surface area contributed by atoms with Crippen molar-refractivity contribution < 1.29 is 8.42 Å². The smallest absolute Gasteiger partial charge is 0.148 e. The zero-order chi connectivity index (χ0) is 11.9. The Bertz CT molecular complexity index is 244. The minimum absolute atomic E-state index is 0.266. The minimum atomic E-state index is -2.81. The van der Waals surface area contributed by atoms with Crippen LogP contribution in [0.3, 0.4) is 0 Å². The van der Waals surface area contributed by atoms with Gasteiger partial charge >= 0.3 is 0 Å². The maximum atomic E-state index is 10.9. The summed E-state index contributed by atoms with van der Waals surface area (Å²) in [5, 5.41) is 0. The van der Waals surface area contributed by atoms with Crippen LogP contribution in [0.4, 0.5) is 0 Å². The molecule has 0 aromatic heterocycles. The summed E-state index contributed by atoms with van der Waals surface area (Å²) < 4.78 is 21.8. The van der Waals surface area contributed by atoms with E-state index in [1.54, 1.807) is 0 Å². The van der Waals surface area contributed by atoms with Crippen LogP contribution in [-0.4, -0.2) is 51.0 Å². The zero-order valence-electron chi connectivity index (χ0n) is 10.1. The van der Waals surface area contributed by atoms with Gasteiger partial charge in [0.15, 0.2) is 0 Å². The summed E-state index contributed by atoms with van der Waals surface area (Å²) in [6.07, 6.45) is 3.26. The summed E-state index contributed by atoms with van der Waals surface area (Å²) in [5.74, 6) is 0.266. The topological polar surface area (TPSA) is 63.4 Å². The van der Waals surface area contributed by atoms with Crippen molar-refractivity contribution in [3.05, 3.63) is 0 Å². The maximum Gasteiger partial charge on any atom is 0.148 e. The molecule has 2 N–H and O–H groups in total. The van der Waals surface area contributed by atoms with E-state index < -0.39 is 9.84 Å². The van der Waals surface area contributed by atoms with Crippen LogP contribution in [0.15, 0.2) is 0 Å². The number of sulfone groups is 1. The predicted molar refractivity (Wildman–Crippen MR) is 64.7 cm³/mol. The van der Waals surface area contributed by atoms with Gasteiger partial charge in [0.05, 0.1) is 5.75 Å². The van der Waals surface area contributed by atoms with Gasteiger partial charge in [0, 0.05) is 18.8 Å². The van der Waals surface area contributed by atoms with E-state index in [9.17, 15) is 8.42 Å². The molecule has 92 valence electrons. The Hall–Kier alpha value is -0.130. The fraction of sp³-hybridized carbons (Fsp3) is 1.00. The molecular formula is C10H24N2O2S. The molecule has 5 heteroatoms. The van der Waals surface area contributed by atoms with Crippen molar-refractivity contribution in [2.75, 3.05) is 31.6 Å². The normalized spacial score (nSPS) is 19.5. The fourth-order valence-electron chi connectivity index (χ4n) is 1.47. The van der Waals surface area contributed by atoms with Gasteiger partial charge in [0.2, 0.25) is 0 Å². The van der Waals surface area contributed by atoms with Crippen LogP contribution in [0.25, 0.3) is 0 Å². The number of hydrogen-bond acceptors (Lipinski definition) is 4. The van der Waals surface area contributed by atoms with Crippen molar-refractivity contribution in [2.24, 2.45) is 5.73 Å². The van der Waals surface area contributed by atoms with Crippen molar-refractivity contribution in [1.29, 1.82) is 0 Å². The Morgan fingerprint density at radius 2 is 1.73 bits per heavy atom. The molecule has 0 aliphatic carbocycles. The molecule has 1 aliphatic rings. The highest BCUT2D eigenvalue weighted by molar-refractivity contribution is 7.90. The van der Waals surface area contributed by atoms with Gasteiger partial charge in [0.1, 0.15) is 9.84 Å². The summed E-state index contributed by atoms with van der Waals surface area (Å²) in [6.45, 7) is 6.54. The van der Waals surface area contributed by atoms with E-state index in [4.69, 9.17) is 5.73 Å². The number of likely N-dealkylation sites (tertiary alicyclic amines) is 1. The summed E-state index contributed by atoms with van der Waals surface area (Å²) in [4.78, 5) is 2.17. The van der Waals surface area contributed by atoms with Crippen LogP contribution in [0, 0.1) is 0 Å². The highest BCUT2D eigenvalue weighted by atomic mass is 32.2. The quantitative estimate of drug-likeness (QED) is 0.774. The average Bonchev–Trinajstić information content (AvgIpc) is 2.19. The summed E-state index contributed by atoms with van der Waals surface area (Å²) >= 11 is 0. The summed E-state index contributed by atoms with van der Waals surface area (Å²) in [6, 6.07) is 0.314. The molecule has 15 heavy (non-hydrogen) atoms. The molecule has 0 spiro atoms. The van der Waals surface area contributed by atoms with Crippen LogP contribution in [0.5, 0.6) is 0 Å². The molecular weight excluding hydrogens is 212 g/mol. The second-order valence-electron chi connectivity index (χ2n) is 3.81. The third-order valence-corrected chi connectivity index (χ3v) is 3.33. The first-order valence-corrected chi connectivity index (χ1v) is 7.69. The van der Waals surface area contributed by atoms with Gasteiger partial charge in [-0.25, -0.2) is 8.42 Å². The van der Waals surface area contributed by atoms with E-state index >= 15 is 0 Å². The van der Waals surface area contributed by atoms with E-state index in [0.717, 1.165) is 25.9 Å². The van der Waals surface area contributed by atoms with Gasteiger partial charge in [-0.15, -0.1) is 0 Å². The third-order valence-electron chi connectivity index (χ3n) is 2.41. The van der Waals surface area contributed by atoms with Gasteiger partial charge in [-0.05, 0) is 25.9 Å². The maximum absolute atomic E-state index is 10.9. The van der Waals surface area contributed by atoms with Crippen molar-refractivity contribution in [1.82, 2.24) is 4.90 Å². The molecule has 0 unspecified atom stereocenters. The molecule has 1 rings (SSSR count). The molecule has 0 atom stereocenters. The predicted octanol–water partition coefficient (Wildman–Crippen LogP) is 0.480. The van der Waals surface area contributed by atoms with Crippen molar-refractivity contribution in [3.63, 3.8) is 0 Å². The molecule has 0 amide bonds. The molecule has 4 nitrogen and oxygen atoms in total. The lowest BCUT2D eigenvalue weighted by atomic mass is 10.1. The summed E-state index contributed by atoms with van der Waals surface area (Å²) in [7, 11) is -2.81. The van der Waals surface area contributed by atoms with Crippen LogP contribution in [0.1, 0.15) is 26.7 Å². The highest BCUT2D eigenvalue weighted by Crippen LogP contribution is 2.07. The van der Waals surface area contributed by atoms with Crippen molar-refractivity contribution >= 4 is 9.84 Å². The molecule has 0 saturated carbocycles. The molecule has 0 aromatic rings. The van der Waals surface area contributed by atoms with Crippen molar-refractivity contribution in [3.8, 4) is 0 Å². The second kappa shape index (κ2) is 7.19. The van der Waals surface area contributed by atoms with Crippen molar-refractivity contribution in [2.45, 2.75) is 32.7 Å². The summed E-state index contributed by atoms with van der Waals surface area (Å²) in [5.41, 5.74) is 5.73. The first-order chi connectivity index (χ1) is 6.97. The number of nitrogens with two attached hydrogens (primary N) is 1. The zero-order valence-corrected chi connectivity index (χ0v) is 10.9. The Kier molecular flexibility index (Phi) is 7.13. The van der Waals surface area contributed by atoms with Gasteiger partial charge in [-0.3, -0.25) is 0 Å². The Morgan fingerprint density at radius 3 is 2.13 bits per heavy atom. The second-order valence-corrected chi connectivity index (χ2v) is 6.07.